The topological polar surface area (TPSA) is 92.5 Å². The van der Waals surface area contributed by atoms with E-state index in [0.717, 1.165) is 0 Å². The second-order valence-electron chi connectivity index (χ2n) is 4.28. The van der Waals surface area contributed by atoms with Crippen molar-refractivity contribution < 1.29 is 13.2 Å². The third kappa shape index (κ3) is 2.85. The number of hydrogen-bond acceptors (Lipinski definition) is 4. The summed E-state index contributed by atoms with van der Waals surface area (Å²) >= 11 is 11.8. The highest BCUT2D eigenvalue weighted by atomic mass is 35.5. The molecule has 0 aromatic heterocycles. The van der Waals surface area contributed by atoms with E-state index >= 15 is 0 Å². The lowest BCUT2D eigenvalue weighted by atomic mass is 10.3. The average molecular weight is 338 g/mol. The first-order valence-corrected chi connectivity index (χ1v) is 8.04. The molecule has 110 valence electrons. The zero-order chi connectivity index (χ0) is 14.9. The third-order valence-electron chi connectivity index (χ3n) is 2.98. The number of nitrogens with two attached hydrogens (primary N) is 1. The Bertz CT molecular complexity index is 649. The second-order valence-corrected chi connectivity index (χ2v) is 6.97. The zero-order valence-electron chi connectivity index (χ0n) is 10.4. The van der Waals surface area contributed by atoms with Crippen LogP contribution in [0.4, 0.5) is 5.69 Å². The predicted octanol–water partition coefficient (Wildman–Crippen LogP) is 1.09. The van der Waals surface area contributed by atoms with Gasteiger partial charge < -0.3 is 11.1 Å². The fourth-order valence-electron chi connectivity index (χ4n) is 1.87. The number of hydrogen-bond donors (Lipinski definition) is 2. The van der Waals surface area contributed by atoms with Gasteiger partial charge in [0, 0.05) is 26.1 Å². The summed E-state index contributed by atoms with van der Waals surface area (Å²) in [5.74, 6) is -0.176. The summed E-state index contributed by atoms with van der Waals surface area (Å²) in [6.07, 6.45) is 0.111. The molecule has 0 bridgehead atoms. The van der Waals surface area contributed by atoms with Gasteiger partial charge in [0.05, 0.1) is 15.7 Å². The van der Waals surface area contributed by atoms with Crippen LogP contribution in [0.3, 0.4) is 0 Å². The molecule has 0 radical (unpaired) electrons. The number of nitrogens with one attached hydrogen (secondary N) is 1. The number of benzene rings is 1. The molecular formula is C11H13Cl2N3O3S. The van der Waals surface area contributed by atoms with Gasteiger partial charge in [-0.3, -0.25) is 4.79 Å². The summed E-state index contributed by atoms with van der Waals surface area (Å²) in [5, 5.41) is 2.71. The highest BCUT2D eigenvalue weighted by Gasteiger charge is 2.29. The van der Waals surface area contributed by atoms with Crippen LogP contribution in [-0.2, 0) is 14.8 Å². The quantitative estimate of drug-likeness (QED) is 0.790. The first kappa shape index (κ1) is 15.4. The van der Waals surface area contributed by atoms with E-state index < -0.39 is 10.0 Å². The lowest BCUT2D eigenvalue weighted by Crippen LogP contribution is -2.34. The van der Waals surface area contributed by atoms with E-state index in [9.17, 15) is 13.2 Å². The first-order chi connectivity index (χ1) is 9.34. The van der Waals surface area contributed by atoms with Crippen LogP contribution < -0.4 is 11.1 Å². The van der Waals surface area contributed by atoms with Gasteiger partial charge in [-0.2, -0.15) is 4.31 Å². The number of carbonyl (C=O) groups excluding carboxylic acids is 1. The lowest BCUT2D eigenvalue weighted by Gasteiger charge is -2.20. The number of nitrogens with zero attached hydrogens (tertiary/aromatic N) is 1. The van der Waals surface area contributed by atoms with Crippen molar-refractivity contribution in [1.29, 1.82) is 0 Å². The first-order valence-electron chi connectivity index (χ1n) is 5.84. The lowest BCUT2D eigenvalue weighted by molar-refractivity contribution is -0.120. The van der Waals surface area contributed by atoms with Crippen molar-refractivity contribution >= 4 is 44.8 Å². The maximum atomic E-state index is 12.5. The normalized spacial score (nSPS) is 17.6. The Kier molecular flexibility index (Phi) is 4.43. The summed E-state index contributed by atoms with van der Waals surface area (Å²) in [7, 11) is -3.81. The second kappa shape index (κ2) is 5.77. The van der Waals surface area contributed by atoms with Crippen LogP contribution >= 0.6 is 23.2 Å². The van der Waals surface area contributed by atoms with Crippen LogP contribution in [-0.4, -0.2) is 38.3 Å². The highest BCUT2D eigenvalue weighted by Crippen LogP contribution is 2.34. The molecule has 0 atom stereocenters. The van der Waals surface area contributed by atoms with E-state index in [1.807, 2.05) is 0 Å². The minimum Gasteiger partial charge on any atom is -0.396 e. The number of sulfonamides is 1. The van der Waals surface area contributed by atoms with Gasteiger partial charge in [0.1, 0.15) is 4.90 Å². The molecule has 1 aliphatic heterocycles. The molecule has 1 aromatic rings. The van der Waals surface area contributed by atoms with Crippen LogP contribution in [0, 0.1) is 0 Å². The SMILES string of the molecule is Nc1c(Cl)ccc(S(=O)(=O)N2CCNC(=O)CC2)c1Cl. The molecule has 0 saturated carbocycles. The summed E-state index contributed by atoms with van der Waals surface area (Å²) in [4.78, 5) is 11.2. The molecule has 0 unspecified atom stereocenters. The molecule has 2 rings (SSSR count). The molecule has 1 aromatic carbocycles. The Morgan fingerprint density at radius 2 is 1.95 bits per heavy atom. The summed E-state index contributed by atoms with van der Waals surface area (Å²) < 4.78 is 26.3. The zero-order valence-corrected chi connectivity index (χ0v) is 12.7. The molecular weight excluding hydrogens is 325 g/mol. The van der Waals surface area contributed by atoms with E-state index in [2.05, 4.69) is 5.32 Å². The number of anilines is 1. The largest absolute Gasteiger partial charge is 0.396 e. The summed E-state index contributed by atoms with van der Waals surface area (Å²) in [5.41, 5.74) is 5.67. The Morgan fingerprint density at radius 3 is 2.65 bits per heavy atom. The molecule has 1 aliphatic rings. The van der Waals surface area contributed by atoms with Gasteiger partial charge in [-0.15, -0.1) is 0 Å². The highest BCUT2D eigenvalue weighted by molar-refractivity contribution is 7.89. The molecule has 0 spiro atoms. The Balaban J connectivity index is 2.40. The summed E-state index contributed by atoms with van der Waals surface area (Å²) in [6.45, 7) is 0.554. The smallest absolute Gasteiger partial charge is 0.244 e. The maximum Gasteiger partial charge on any atom is 0.244 e. The van der Waals surface area contributed by atoms with Crippen LogP contribution in [0.25, 0.3) is 0 Å². The molecule has 1 heterocycles. The molecule has 20 heavy (non-hydrogen) atoms. The fourth-order valence-corrected chi connectivity index (χ4v) is 4.06. The minimum atomic E-state index is -3.81. The van der Waals surface area contributed by atoms with E-state index in [1.54, 1.807) is 0 Å². The molecule has 3 N–H and O–H groups in total. The van der Waals surface area contributed by atoms with Crippen molar-refractivity contribution in [2.45, 2.75) is 11.3 Å². The maximum absolute atomic E-state index is 12.5. The van der Waals surface area contributed by atoms with Gasteiger partial charge in [0.2, 0.25) is 15.9 Å². The molecule has 1 saturated heterocycles. The number of rotatable bonds is 2. The van der Waals surface area contributed by atoms with Crippen molar-refractivity contribution in [2.75, 3.05) is 25.4 Å². The Morgan fingerprint density at radius 1 is 1.25 bits per heavy atom. The minimum absolute atomic E-state index is 0.0263. The van der Waals surface area contributed by atoms with Crippen molar-refractivity contribution in [2.24, 2.45) is 0 Å². The number of nitrogen functional groups attached to an aromatic ring is 1. The van der Waals surface area contributed by atoms with Gasteiger partial charge in [0.15, 0.2) is 0 Å². The fraction of sp³-hybridized carbons (Fsp3) is 0.364. The summed E-state index contributed by atoms with van der Waals surface area (Å²) in [6, 6.07) is 2.70. The van der Waals surface area contributed by atoms with E-state index in [4.69, 9.17) is 28.9 Å². The van der Waals surface area contributed by atoms with Crippen LogP contribution in [0.1, 0.15) is 6.42 Å². The molecule has 9 heteroatoms. The van der Waals surface area contributed by atoms with E-state index in [1.165, 1.54) is 16.4 Å². The average Bonchev–Trinajstić information content (AvgIpc) is 2.61. The van der Waals surface area contributed by atoms with Gasteiger partial charge in [-0.1, -0.05) is 23.2 Å². The monoisotopic (exact) mass is 337 g/mol. The van der Waals surface area contributed by atoms with Crippen molar-refractivity contribution in [3.63, 3.8) is 0 Å². The van der Waals surface area contributed by atoms with Gasteiger partial charge in [-0.05, 0) is 12.1 Å². The van der Waals surface area contributed by atoms with Crippen LogP contribution in [0.15, 0.2) is 17.0 Å². The van der Waals surface area contributed by atoms with Gasteiger partial charge >= 0.3 is 0 Å². The van der Waals surface area contributed by atoms with Crippen molar-refractivity contribution in [1.82, 2.24) is 9.62 Å². The van der Waals surface area contributed by atoms with Crippen molar-refractivity contribution in [3.8, 4) is 0 Å². The standard InChI is InChI=1S/C11H13Cl2N3O3S/c12-7-1-2-8(10(13)11(7)14)20(18,19)16-5-3-9(17)15-4-6-16/h1-2H,3-6,14H2,(H,15,17). The van der Waals surface area contributed by atoms with Crippen molar-refractivity contribution in [3.05, 3.63) is 22.2 Å². The van der Waals surface area contributed by atoms with Gasteiger partial charge in [-0.25, -0.2) is 8.42 Å². The van der Waals surface area contributed by atoms with Crippen LogP contribution in [0.5, 0.6) is 0 Å². The van der Waals surface area contributed by atoms with Gasteiger partial charge in [0.25, 0.3) is 0 Å². The number of carbonyl (C=O) groups is 1. The third-order valence-corrected chi connectivity index (χ3v) is 5.77. The molecule has 6 nitrogen and oxygen atoms in total. The predicted molar refractivity (Wildman–Crippen MR) is 77.3 cm³/mol. The number of amides is 1. The molecule has 0 aliphatic carbocycles. The molecule has 1 fully saturated rings. The Labute approximate surface area is 126 Å². The molecule has 1 amide bonds. The number of halogens is 2. The van der Waals surface area contributed by atoms with E-state index in [0.29, 0.717) is 0 Å². The Hall–Kier alpha value is -1.02. The van der Waals surface area contributed by atoms with Crippen LogP contribution in [0.2, 0.25) is 10.0 Å². The van der Waals surface area contributed by atoms with E-state index in [-0.39, 0.29) is 52.6 Å².